The Hall–Kier alpha value is -0.950. The molecule has 3 nitrogen and oxygen atoms in total. The van der Waals surface area contributed by atoms with Crippen LogP contribution in [0.2, 0.25) is 0 Å². The van der Waals surface area contributed by atoms with Crippen LogP contribution in [0.25, 0.3) is 6.08 Å². The van der Waals surface area contributed by atoms with Crippen molar-refractivity contribution in [3.63, 3.8) is 0 Å². The molecule has 1 rings (SSSR count). The summed E-state index contributed by atoms with van der Waals surface area (Å²) in [5.74, 6) is 0.206. The van der Waals surface area contributed by atoms with Crippen LogP contribution in [0.4, 0.5) is 4.39 Å². The molecule has 0 unspecified atom stereocenters. The van der Waals surface area contributed by atoms with Crippen LogP contribution in [0, 0.1) is 5.82 Å². The van der Waals surface area contributed by atoms with Gasteiger partial charge in [0.2, 0.25) is 3.79 Å². The zero-order valence-electron chi connectivity index (χ0n) is 10.2. The highest BCUT2D eigenvalue weighted by Crippen LogP contribution is 2.19. The van der Waals surface area contributed by atoms with Crippen LogP contribution in [0.3, 0.4) is 0 Å². The predicted molar refractivity (Wildman–Crippen MR) is 78.5 cm³/mol. The largest absolute Gasteiger partial charge is 0.489 e. The van der Waals surface area contributed by atoms with E-state index in [4.69, 9.17) is 4.74 Å². The summed E-state index contributed by atoms with van der Waals surface area (Å²) in [6.45, 7) is 2.62. The van der Waals surface area contributed by atoms with Gasteiger partial charge in [-0.25, -0.2) is 4.39 Å². The molecule has 0 radical (unpaired) electrons. The van der Waals surface area contributed by atoms with E-state index >= 15 is 0 Å². The summed E-state index contributed by atoms with van der Waals surface area (Å²) < 4.78 is 18.9. The Morgan fingerprint density at radius 1 is 1.61 bits per heavy atom. The van der Waals surface area contributed by atoms with E-state index in [-0.39, 0.29) is 15.7 Å². The molecule has 0 saturated carbocycles. The average Bonchev–Trinajstić information content (AvgIpc) is 2.30. The summed E-state index contributed by atoms with van der Waals surface area (Å²) >= 11 is 1.63. The minimum absolute atomic E-state index is 0.0107. The number of benzene rings is 1. The third-order valence-corrected chi connectivity index (χ3v) is 2.55. The molecule has 1 atom stereocenters. The topological polar surface area (TPSA) is 38.3 Å². The third-order valence-electron chi connectivity index (χ3n) is 2.19. The molecule has 0 amide bonds. The highest BCUT2D eigenvalue weighted by Gasteiger charge is 2.06. The van der Waals surface area contributed by atoms with Crippen molar-refractivity contribution in [2.45, 2.75) is 13.0 Å². The van der Waals surface area contributed by atoms with Crippen LogP contribution < -0.4 is 10.1 Å². The van der Waals surface area contributed by atoms with Crippen LogP contribution in [0.1, 0.15) is 12.5 Å². The third kappa shape index (κ3) is 5.14. The van der Waals surface area contributed by atoms with E-state index in [1.165, 1.54) is 18.2 Å². The molecule has 0 aliphatic heterocycles. The van der Waals surface area contributed by atoms with Gasteiger partial charge in [-0.1, -0.05) is 0 Å². The lowest BCUT2D eigenvalue weighted by atomic mass is 10.2. The van der Waals surface area contributed by atoms with E-state index in [0.29, 0.717) is 17.9 Å². The molecule has 98 valence electrons. The first kappa shape index (κ1) is 15.1. The van der Waals surface area contributed by atoms with Gasteiger partial charge in [0, 0.05) is 34.7 Å². The minimum Gasteiger partial charge on any atom is -0.489 e. The van der Waals surface area contributed by atoms with Gasteiger partial charge in [0.1, 0.15) is 17.7 Å². The SMILES string of the molecule is CNC[C@H](C)Oc1ccc(F)c(/C=C/C(=O)I)c1. The van der Waals surface area contributed by atoms with Gasteiger partial charge in [0.05, 0.1) is 0 Å². The number of hydrogen-bond acceptors (Lipinski definition) is 3. The first-order valence-corrected chi connectivity index (χ1v) is 6.59. The van der Waals surface area contributed by atoms with Crippen LogP contribution in [-0.4, -0.2) is 23.5 Å². The van der Waals surface area contributed by atoms with E-state index in [2.05, 4.69) is 5.32 Å². The molecule has 1 N–H and O–H groups in total. The lowest BCUT2D eigenvalue weighted by Gasteiger charge is -2.14. The van der Waals surface area contributed by atoms with Gasteiger partial charge in [-0.15, -0.1) is 0 Å². The second-order valence-corrected chi connectivity index (χ2v) is 4.87. The molecule has 1 aromatic carbocycles. The lowest BCUT2D eigenvalue weighted by molar-refractivity contribution is -0.105. The van der Waals surface area contributed by atoms with E-state index in [9.17, 15) is 9.18 Å². The van der Waals surface area contributed by atoms with Crippen LogP contribution >= 0.6 is 22.6 Å². The zero-order chi connectivity index (χ0) is 13.5. The van der Waals surface area contributed by atoms with E-state index < -0.39 is 0 Å². The van der Waals surface area contributed by atoms with Crippen molar-refractivity contribution in [1.82, 2.24) is 5.32 Å². The Morgan fingerprint density at radius 3 is 2.94 bits per heavy atom. The Morgan fingerprint density at radius 2 is 2.33 bits per heavy atom. The Labute approximate surface area is 120 Å². The van der Waals surface area contributed by atoms with Gasteiger partial charge in [-0.05, 0) is 44.3 Å². The van der Waals surface area contributed by atoms with Crippen molar-refractivity contribution >= 4 is 32.5 Å². The second kappa shape index (κ2) is 7.48. The standard InChI is InChI=1S/C13H15FINO2/c1-9(8-16-2)18-11-4-5-12(14)10(7-11)3-6-13(15)17/h3-7,9,16H,8H2,1-2H3/b6-3+/t9-/m0/s1. The van der Waals surface area contributed by atoms with Crippen molar-refractivity contribution in [3.05, 3.63) is 35.7 Å². The van der Waals surface area contributed by atoms with Crippen LogP contribution in [0.5, 0.6) is 5.75 Å². The van der Waals surface area contributed by atoms with E-state index in [0.717, 1.165) is 0 Å². The van der Waals surface area contributed by atoms with Gasteiger partial charge < -0.3 is 10.1 Å². The highest BCUT2D eigenvalue weighted by atomic mass is 127. The molecule has 0 aliphatic carbocycles. The normalized spacial score (nSPS) is 12.7. The summed E-state index contributed by atoms with van der Waals surface area (Å²) in [5, 5.41) is 3.00. The molecule has 0 spiro atoms. The number of allylic oxidation sites excluding steroid dienone is 1. The quantitative estimate of drug-likeness (QED) is 0.480. The Balaban J connectivity index is 2.83. The van der Waals surface area contributed by atoms with Crippen molar-refractivity contribution in [2.75, 3.05) is 13.6 Å². The van der Waals surface area contributed by atoms with Gasteiger partial charge in [0.25, 0.3) is 0 Å². The molecule has 0 aliphatic rings. The van der Waals surface area contributed by atoms with Crippen LogP contribution in [0.15, 0.2) is 24.3 Å². The van der Waals surface area contributed by atoms with Crippen molar-refractivity contribution in [3.8, 4) is 5.75 Å². The maximum Gasteiger partial charge on any atom is 0.215 e. The molecule has 0 saturated heterocycles. The average molecular weight is 363 g/mol. The van der Waals surface area contributed by atoms with E-state index in [1.54, 1.807) is 34.7 Å². The number of ether oxygens (including phenoxy) is 1. The molecule has 0 bridgehead atoms. The molecule has 0 aromatic heterocycles. The van der Waals surface area contributed by atoms with Gasteiger partial charge >= 0.3 is 0 Å². The van der Waals surface area contributed by atoms with Crippen LogP contribution in [-0.2, 0) is 4.79 Å². The first-order chi connectivity index (χ1) is 8.52. The number of hydrogen-bond donors (Lipinski definition) is 1. The molecule has 5 heteroatoms. The fourth-order valence-corrected chi connectivity index (χ4v) is 1.62. The number of carbonyl (C=O) groups is 1. The summed E-state index contributed by atoms with van der Waals surface area (Å²) in [4.78, 5) is 10.8. The fraction of sp³-hybridized carbons (Fsp3) is 0.308. The fourth-order valence-electron chi connectivity index (χ4n) is 1.44. The molecule has 1 aromatic rings. The van der Waals surface area contributed by atoms with Gasteiger partial charge in [-0.3, -0.25) is 4.79 Å². The number of likely N-dealkylation sites (N-methyl/N-ethyl adjacent to an activating group) is 1. The summed E-state index contributed by atoms with van der Waals surface area (Å²) in [7, 11) is 1.84. The summed E-state index contributed by atoms with van der Waals surface area (Å²) in [6, 6.07) is 4.49. The lowest BCUT2D eigenvalue weighted by Crippen LogP contribution is -2.26. The monoisotopic (exact) mass is 363 g/mol. The first-order valence-electron chi connectivity index (χ1n) is 5.51. The number of nitrogens with one attached hydrogen (secondary N) is 1. The predicted octanol–water partition coefficient (Wildman–Crippen LogP) is 2.79. The molecular formula is C13H15FINO2. The molecule has 0 heterocycles. The maximum absolute atomic E-state index is 13.5. The van der Waals surface area contributed by atoms with Gasteiger partial charge in [-0.2, -0.15) is 0 Å². The Kier molecular flexibility index (Phi) is 6.28. The Bertz CT molecular complexity index is 449. The minimum atomic E-state index is -0.377. The molecule has 0 fully saturated rings. The van der Waals surface area contributed by atoms with Crippen molar-refractivity contribution in [1.29, 1.82) is 0 Å². The van der Waals surface area contributed by atoms with Crippen molar-refractivity contribution < 1.29 is 13.9 Å². The smallest absolute Gasteiger partial charge is 0.215 e. The number of rotatable bonds is 6. The number of halogens is 2. The maximum atomic E-state index is 13.5. The summed E-state index contributed by atoms with van der Waals surface area (Å²) in [5.41, 5.74) is 0.342. The van der Waals surface area contributed by atoms with Crippen molar-refractivity contribution in [2.24, 2.45) is 0 Å². The summed E-state index contributed by atoms with van der Waals surface area (Å²) in [6.07, 6.45) is 2.75. The molecule has 18 heavy (non-hydrogen) atoms. The second-order valence-electron chi connectivity index (χ2n) is 3.81. The van der Waals surface area contributed by atoms with Gasteiger partial charge in [0.15, 0.2) is 0 Å². The highest BCUT2D eigenvalue weighted by molar-refractivity contribution is 14.1. The molecular weight excluding hydrogens is 348 g/mol. The zero-order valence-corrected chi connectivity index (χ0v) is 12.4. The van der Waals surface area contributed by atoms with E-state index in [1.807, 2.05) is 14.0 Å². The number of carbonyl (C=O) groups excluding carboxylic acids is 1.